The zero-order chi connectivity index (χ0) is 17.5. The number of aryl methyl sites for hydroxylation is 1. The molecule has 132 valence electrons. The van der Waals surface area contributed by atoms with Crippen LogP contribution in [-0.4, -0.2) is 54.3 Å². The van der Waals surface area contributed by atoms with Gasteiger partial charge in [-0.25, -0.2) is 0 Å². The number of nitrogens with zero attached hydrogens (tertiary/aromatic N) is 2. The van der Waals surface area contributed by atoms with Crippen LogP contribution in [0.15, 0.2) is 24.3 Å². The van der Waals surface area contributed by atoms with Crippen molar-refractivity contribution in [3.05, 3.63) is 29.8 Å². The van der Waals surface area contributed by atoms with E-state index in [2.05, 4.69) is 17.1 Å². The summed E-state index contributed by atoms with van der Waals surface area (Å²) in [5.41, 5.74) is 1.93. The summed E-state index contributed by atoms with van der Waals surface area (Å²) in [7, 11) is 1.70. The largest absolute Gasteiger partial charge is 0.335 e. The topological polar surface area (TPSA) is 52.7 Å². The van der Waals surface area contributed by atoms with Crippen molar-refractivity contribution in [3.63, 3.8) is 0 Å². The predicted octanol–water partition coefficient (Wildman–Crippen LogP) is 2.52. The number of likely N-dealkylation sites (tertiary alicyclic amines) is 1. The number of hydrogen-bond acceptors (Lipinski definition) is 3. The Labute approximate surface area is 145 Å². The van der Waals surface area contributed by atoms with Gasteiger partial charge in [0.25, 0.3) is 0 Å². The number of anilines is 1. The first-order valence-corrected chi connectivity index (χ1v) is 8.89. The van der Waals surface area contributed by atoms with E-state index in [1.165, 1.54) is 11.3 Å². The first kappa shape index (κ1) is 18.5. The van der Waals surface area contributed by atoms with Gasteiger partial charge in [0.2, 0.25) is 11.8 Å². The number of amides is 2. The van der Waals surface area contributed by atoms with Gasteiger partial charge in [-0.3, -0.25) is 14.5 Å². The molecule has 0 spiro atoms. The van der Waals surface area contributed by atoms with Gasteiger partial charge in [-0.05, 0) is 50.9 Å². The number of benzene rings is 1. The number of para-hydroxylation sites is 1. The lowest BCUT2D eigenvalue weighted by atomic mass is 10.1. The molecule has 0 aliphatic carbocycles. The van der Waals surface area contributed by atoms with Crippen LogP contribution in [0, 0.1) is 0 Å². The van der Waals surface area contributed by atoms with E-state index in [9.17, 15) is 9.59 Å². The molecule has 0 radical (unpaired) electrons. The molecule has 1 N–H and O–H groups in total. The Morgan fingerprint density at radius 2 is 1.88 bits per heavy atom. The van der Waals surface area contributed by atoms with Crippen molar-refractivity contribution in [3.8, 4) is 0 Å². The number of rotatable bonds is 6. The minimum absolute atomic E-state index is 0.0100. The van der Waals surface area contributed by atoms with Gasteiger partial charge in [0.15, 0.2) is 0 Å². The first-order valence-electron chi connectivity index (χ1n) is 8.89. The fraction of sp³-hybridized carbons (Fsp3) is 0.579. The second-order valence-corrected chi connectivity index (χ2v) is 6.53. The van der Waals surface area contributed by atoms with E-state index >= 15 is 0 Å². The fourth-order valence-electron chi connectivity index (χ4n) is 3.21. The Hall–Kier alpha value is -1.88. The van der Waals surface area contributed by atoms with Gasteiger partial charge in [-0.2, -0.15) is 0 Å². The molecule has 0 bridgehead atoms. The Kier molecular flexibility index (Phi) is 6.79. The van der Waals surface area contributed by atoms with Crippen molar-refractivity contribution in [2.45, 2.75) is 45.6 Å². The molecule has 1 aliphatic rings. The number of piperidine rings is 1. The SMILES string of the molecule is CCc1ccccc1NC(=O)CN(C)C(=O)[C@@H](C)N1CCCCC1. The molecule has 2 amide bonds. The number of carbonyl (C=O) groups excluding carboxylic acids is 2. The summed E-state index contributed by atoms with van der Waals surface area (Å²) in [4.78, 5) is 28.6. The molecule has 0 saturated carbocycles. The highest BCUT2D eigenvalue weighted by Gasteiger charge is 2.26. The van der Waals surface area contributed by atoms with E-state index in [0.717, 1.165) is 43.6 Å². The standard InChI is InChI=1S/C19H29N3O2/c1-4-16-10-6-7-11-17(16)20-18(23)14-21(3)19(24)15(2)22-12-8-5-9-13-22/h6-7,10-11,15H,4-5,8-9,12-14H2,1-3H3,(H,20,23)/t15-/m1/s1. The van der Waals surface area contributed by atoms with Crippen LogP contribution >= 0.6 is 0 Å². The highest BCUT2D eigenvalue weighted by molar-refractivity contribution is 5.95. The minimum atomic E-state index is -0.161. The van der Waals surface area contributed by atoms with Gasteiger partial charge in [-0.15, -0.1) is 0 Å². The summed E-state index contributed by atoms with van der Waals surface area (Å²) in [5, 5.41) is 2.92. The molecule has 1 heterocycles. The Morgan fingerprint density at radius 3 is 2.54 bits per heavy atom. The number of likely N-dealkylation sites (N-methyl/N-ethyl adjacent to an activating group) is 1. The maximum absolute atomic E-state index is 12.6. The van der Waals surface area contributed by atoms with Crippen LogP contribution in [0.4, 0.5) is 5.69 Å². The summed E-state index contributed by atoms with van der Waals surface area (Å²) >= 11 is 0. The normalized spacial score (nSPS) is 16.5. The second-order valence-electron chi connectivity index (χ2n) is 6.53. The molecule has 1 fully saturated rings. The maximum Gasteiger partial charge on any atom is 0.243 e. The Balaban J connectivity index is 1.89. The van der Waals surface area contributed by atoms with E-state index in [0.29, 0.717) is 0 Å². The van der Waals surface area contributed by atoms with Crippen LogP contribution < -0.4 is 5.32 Å². The summed E-state index contributed by atoms with van der Waals surface area (Å²) < 4.78 is 0. The lowest BCUT2D eigenvalue weighted by Crippen LogP contribution is -2.49. The lowest BCUT2D eigenvalue weighted by Gasteiger charge is -2.33. The smallest absolute Gasteiger partial charge is 0.243 e. The fourth-order valence-corrected chi connectivity index (χ4v) is 3.21. The quantitative estimate of drug-likeness (QED) is 0.871. The van der Waals surface area contributed by atoms with Crippen molar-refractivity contribution in [1.29, 1.82) is 0 Å². The molecule has 1 aromatic rings. The van der Waals surface area contributed by atoms with E-state index in [1.807, 2.05) is 31.2 Å². The van der Waals surface area contributed by atoms with Crippen molar-refractivity contribution >= 4 is 17.5 Å². The summed E-state index contributed by atoms with van der Waals surface area (Å²) in [6.07, 6.45) is 4.40. The number of hydrogen-bond donors (Lipinski definition) is 1. The molecule has 5 nitrogen and oxygen atoms in total. The third-order valence-electron chi connectivity index (χ3n) is 4.73. The summed E-state index contributed by atoms with van der Waals surface area (Å²) in [6, 6.07) is 7.61. The van der Waals surface area contributed by atoms with Crippen molar-refractivity contribution in [1.82, 2.24) is 9.80 Å². The predicted molar refractivity (Wildman–Crippen MR) is 97.0 cm³/mol. The number of nitrogens with one attached hydrogen (secondary N) is 1. The molecule has 1 saturated heterocycles. The zero-order valence-corrected chi connectivity index (χ0v) is 15.0. The average molecular weight is 331 g/mol. The Bertz CT molecular complexity index is 567. The summed E-state index contributed by atoms with van der Waals surface area (Å²) in [5.74, 6) is -0.145. The van der Waals surface area contributed by atoms with Gasteiger partial charge in [-0.1, -0.05) is 31.5 Å². The van der Waals surface area contributed by atoms with Gasteiger partial charge in [0, 0.05) is 12.7 Å². The molecule has 1 atom stereocenters. The van der Waals surface area contributed by atoms with Crippen LogP contribution in [0.5, 0.6) is 0 Å². The molecule has 5 heteroatoms. The van der Waals surface area contributed by atoms with Gasteiger partial charge in [0.1, 0.15) is 0 Å². The van der Waals surface area contributed by atoms with E-state index in [1.54, 1.807) is 7.05 Å². The third-order valence-corrected chi connectivity index (χ3v) is 4.73. The monoisotopic (exact) mass is 331 g/mol. The van der Waals surface area contributed by atoms with Crippen molar-refractivity contribution in [2.75, 3.05) is 32.0 Å². The van der Waals surface area contributed by atoms with Crippen molar-refractivity contribution in [2.24, 2.45) is 0 Å². The molecular weight excluding hydrogens is 302 g/mol. The highest BCUT2D eigenvalue weighted by atomic mass is 16.2. The molecule has 1 aromatic carbocycles. The van der Waals surface area contributed by atoms with E-state index < -0.39 is 0 Å². The van der Waals surface area contributed by atoms with E-state index in [-0.39, 0.29) is 24.4 Å². The zero-order valence-electron chi connectivity index (χ0n) is 15.0. The van der Waals surface area contributed by atoms with Crippen LogP contribution in [0.3, 0.4) is 0 Å². The number of carbonyl (C=O) groups is 2. The molecular formula is C19H29N3O2. The second kappa shape index (κ2) is 8.83. The Morgan fingerprint density at radius 1 is 1.21 bits per heavy atom. The molecule has 2 rings (SSSR count). The van der Waals surface area contributed by atoms with Gasteiger partial charge < -0.3 is 10.2 Å². The first-order chi connectivity index (χ1) is 11.5. The highest BCUT2D eigenvalue weighted by Crippen LogP contribution is 2.16. The molecule has 0 aromatic heterocycles. The average Bonchev–Trinajstić information content (AvgIpc) is 2.61. The van der Waals surface area contributed by atoms with Crippen LogP contribution in [-0.2, 0) is 16.0 Å². The lowest BCUT2D eigenvalue weighted by molar-refractivity contribution is -0.138. The minimum Gasteiger partial charge on any atom is -0.335 e. The summed E-state index contributed by atoms with van der Waals surface area (Å²) in [6.45, 7) is 6.01. The third kappa shape index (κ3) is 4.81. The van der Waals surface area contributed by atoms with Gasteiger partial charge in [0.05, 0.1) is 12.6 Å². The van der Waals surface area contributed by atoms with Crippen molar-refractivity contribution < 1.29 is 9.59 Å². The molecule has 0 unspecified atom stereocenters. The van der Waals surface area contributed by atoms with Gasteiger partial charge >= 0.3 is 0 Å². The van der Waals surface area contributed by atoms with Crippen LogP contribution in [0.1, 0.15) is 38.7 Å². The van der Waals surface area contributed by atoms with Crippen LogP contribution in [0.25, 0.3) is 0 Å². The van der Waals surface area contributed by atoms with Crippen LogP contribution in [0.2, 0.25) is 0 Å². The van der Waals surface area contributed by atoms with E-state index in [4.69, 9.17) is 0 Å². The maximum atomic E-state index is 12.6. The molecule has 24 heavy (non-hydrogen) atoms. The molecule has 1 aliphatic heterocycles.